The van der Waals surface area contributed by atoms with Crippen LogP contribution in [0.1, 0.15) is 5.56 Å². The number of nitrogen functional groups attached to an aromatic ring is 1. The molecule has 0 aliphatic carbocycles. The summed E-state index contributed by atoms with van der Waals surface area (Å²) in [7, 11) is 0. The molecule has 1 fully saturated rings. The fraction of sp³-hybridized carbons (Fsp3) is 0.455. The van der Waals surface area contributed by atoms with Gasteiger partial charge in [0.25, 0.3) is 0 Å². The summed E-state index contributed by atoms with van der Waals surface area (Å²) in [6.07, 6.45) is 0. The fourth-order valence-corrected chi connectivity index (χ4v) is 1.42. The molecule has 3 nitrogen and oxygen atoms in total. The van der Waals surface area contributed by atoms with Crippen LogP contribution in [0.3, 0.4) is 0 Å². The summed E-state index contributed by atoms with van der Waals surface area (Å²) in [4.78, 5) is 0. The van der Waals surface area contributed by atoms with E-state index in [2.05, 4.69) is 5.32 Å². The van der Waals surface area contributed by atoms with Crippen LogP contribution >= 0.6 is 0 Å². The molecule has 1 aliphatic rings. The minimum absolute atomic E-state index is 0.674. The standard InChI is InChI=1S/C11H16N2O/c1-8-4-10(2-3-11(8)12)14-7-9-5-13-6-9/h2-4,9,13H,5-7,12H2,1H3. The molecular formula is C11H16N2O. The topological polar surface area (TPSA) is 47.3 Å². The number of rotatable bonds is 3. The largest absolute Gasteiger partial charge is 0.493 e. The third-order valence-electron chi connectivity index (χ3n) is 2.59. The number of nitrogens with two attached hydrogens (primary N) is 1. The second kappa shape index (κ2) is 3.88. The number of ether oxygens (including phenoxy) is 1. The van der Waals surface area contributed by atoms with E-state index < -0.39 is 0 Å². The van der Waals surface area contributed by atoms with Gasteiger partial charge in [0.2, 0.25) is 0 Å². The first-order valence-corrected chi connectivity index (χ1v) is 4.95. The van der Waals surface area contributed by atoms with E-state index in [1.54, 1.807) is 0 Å². The Morgan fingerprint density at radius 3 is 2.86 bits per heavy atom. The van der Waals surface area contributed by atoms with Crippen molar-refractivity contribution in [1.29, 1.82) is 0 Å². The number of anilines is 1. The highest BCUT2D eigenvalue weighted by molar-refractivity contribution is 5.49. The van der Waals surface area contributed by atoms with Gasteiger partial charge in [-0.2, -0.15) is 0 Å². The summed E-state index contributed by atoms with van der Waals surface area (Å²) in [5.41, 5.74) is 7.62. The molecule has 0 aromatic heterocycles. The fourth-order valence-electron chi connectivity index (χ4n) is 1.42. The van der Waals surface area contributed by atoms with E-state index >= 15 is 0 Å². The van der Waals surface area contributed by atoms with E-state index in [0.717, 1.165) is 36.7 Å². The molecule has 3 heteroatoms. The van der Waals surface area contributed by atoms with Gasteiger partial charge in [-0.05, 0) is 30.7 Å². The zero-order chi connectivity index (χ0) is 9.97. The summed E-state index contributed by atoms with van der Waals surface area (Å²) >= 11 is 0. The zero-order valence-electron chi connectivity index (χ0n) is 8.42. The third kappa shape index (κ3) is 1.99. The average Bonchev–Trinajstić information content (AvgIpc) is 2.08. The van der Waals surface area contributed by atoms with Gasteiger partial charge in [0.1, 0.15) is 5.75 Å². The van der Waals surface area contributed by atoms with Crippen molar-refractivity contribution in [1.82, 2.24) is 5.32 Å². The quantitative estimate of drug-likeness (QED) is 0.707. The summed E-state index contributed by atoms with van der Waals surface area (Å²) in [5, 5.41) is 3.22. The molecule has 1 aromatic carbocycles. The van der Waals surface area contributed by atoms with Crippen molar-refractivity contribution in [3.05, 3.63) is 23.8 Å². The minimum Gasteiger partial charge on any atom is -0.493 e. The van der Waals surface area contributed by atoms with Crippen LogP contribution in [0.5, 0.6) is 5.75 Å². The van der Waals surface area contributed by atoms with E-state index in [9.17, 15) is 0 Å². The minimum atomic E-state index is 0.674. The Morgan fingerprint density at radius 2 is 2.29 bits per heavy atom. The molecule has 0 spiro atoms. The van der Waals surface area contributed by atoms with Crippen LogP contribution in [-0.2, 0) is 0 Å². The lowest BCUT2D eigenvalue weighted by Crippen LogP contribution is -2.45. The number of hydrogen-bond donors (Lipinski definition) is 2. The summed E-state index contributed by atoms with van der Waals surface area (Å²) in [6, 6.07) is 5.81. The Kier molecular flexibility index (Phi) is 2.59. The molecule has 3 N–H and O–H groups in total. The van der Waals surface area contributed by atoms with Crippen molar-refractivity contribution in [2.45, 2.75) is 6.92 Å². The molecule has 0 bridgehead atoms. The second-order valence-corrected chi connectivity index (χ2v) is 3.85. The first-order chi connectivity index (χ1) is 6.75. The number of nitrogens with one attached hydrogen (secondary N) is 1. The first-order valence-electron chi connectivity index (χ1n) is 4.95. The molecule has 76 valence electrons. The van der Waals surface area contributed by atoms with Gasteiger partial charge in [0.05, 0.1) is 6.61 Å². The molecule has 1 aliphatic heterocycles. The highest BCUT2D eigenvalue weighted by atomic mass is 16.5. The molecule has 1 heterocycles. The molecule has 1 saturated heterocycles. The van der Waals surface area contributed by atoms with E-state index in [1.807, 2.05) is 25.1 Å². The van der Waals surface area contributed by atoms with Gasteiger partial charge in [0, 0.05) is 24.7 Å². The highest BCUT2D eigenvalue weighted by Gasteiger charge is 2.16. The van der Waals surface area contributed by atoms with Crippen molar-refractivity contribution in [3.63, 3.8) is 0 Å². The maximum Gasteiger partial charge on any atom is 0.119 e. The van der Waals surface area contributed by atoms with Gasteiger partial charge in [-0.1, -0.05) is 0 Å². The third-order valence-corrected chi connectivity index (χ3v) is 2.59. The number of hydrogen-bond acceptors (Lipinski definition) is 3. The Morgan fingerprint density at radius 1 is 1.50 bits per heavy atom. The predicted octanol–water partition coefficient (Wildman–Crippen LogP) is 1.18. The molecule has 0 saturated carbocycles. The molecule has 2 rings (SSSR count). The first kappa shape index (κ1) is 9.34. The van der Waals surface area contributed by atoms with Gasteiger partial charge in [-0.3, -0.25) is 0 Å². The van der Waals surface area contributed by atoms with Gasteiger partial charge in [0.15, 0.2) is 0 Å². The van der Waals surface area contributed by atoms with Gasteiger partial charge in [-0.25, -0.2) is 0 Å². The van der Waals surface area contributed by atoms with Crippen LogP contribution in [0.2, 0.25) is 0 Å². The van der Waals surface area contributed by atoms with Gasteiger partial charge in [-0.15, -0.1) is 0 Å². The monoisotopic (exact) mass is 192 g/mol. The lowest BCUT2D eigenvalue weighted by molar-refractivity contribution is 0.199. The van der Waals surface area contributed by atoms with E-state index in [1.165, 1.54) is 0 Å². The van der Waals surface area contributed by atoms with Gasteiger partial charge < -0.3 is 15.8 Å². The Balaban J connectivity index is 1.91. The lowest BCUT2D eigenvalue weighted by atomic mass is 10.1. The number of aryl methyl sites for hydroxylation is 1. The molecule has 0 unspecified atom stereocenters. The maximum absolute atomic E-state index is 5.72. The molecule has 0 radical (unpaired) electrons. The Bertz CT molecular complexity index is 321. The number of benzene rings is 1. The van der Waals surface area contributed by atoms with E-state index in [0.29, 0.717) is 5.92 Å². The van der Waals surface area contributed by atoms with Crippen molar-refractivity contribution in [3.8, 4) is 5.75 Å². The predicted molar refractivity (Wildman–Crippen MR) is 57.4 cm³/mol. The molecule has 14 heavy (non-hydrogen) atoms. The Labute approximate surface area is 84.3 Å². The van der Waals surface area contributed by atoms with Crippen LogP contribution < -0.4 is 15.8 Å². The molecule has 0 atom stereocenters. The van der Waals surface area contributed by atoms with E-state index in [-0.39, 0.29) is 0 Å². The van der Waals surface area contributed by atoms with Crippen LogP contribution in [0.4, 0.5) is 5.69 Å². The van der Waals surface area contributed by atoms with Crippen LogP contribution in [-0.4, -0.2) is 19.7 Å². The van der Waals surface area contributed by atoms with E-state index in [4.69, 9.17) is 10.5 Å². The van der Waals surface area contributed by atoms with Crippen molar-refractivity contribution >= 4 is 5.69 Å². The van der Waals surface area contributed by atoms with Crippen LogP contribution in [0.15, 0.2) is 18.2 Å². The van der Waals surface area contributed by atoms with Crippen molar-refractivity contribution in [2.24, 2.45) is 5.92 Å². The average molecular weight is 192 g/mol. The summed E-state index contributed by atoms with van der Waals surface area (Å²) in [5.74, 6) is 1.59. The van der Waals surface area contributed by atoms with Gasteiger partial charge >= 0.3 is 0 Å². The van der Waals surface area contributed by atoms with Crippen molar-refractivity contribution in [2.75, 3.05) is 25.4 Å². The molecule has 0 amide bonds. The second-order valence-electron chi connectivity index (χ2n) is 3.85. The Hall–Kier alpha value is -1.22. The zero-order valence-corrected chi connectivity index (χ0v) is 8.42. The molecule has 1 aromatic rings. The highest BCUT2D eigenvalue weighted by Crippen LogP contribution is 2.19. The molecular weight excluding hydrogens is 176 g/mol. The lowest BCUT2D eigenvalue weighted by Gasteiger charge is -2.26. The SMILES string of the molecule is Cc1cc(OCC2CNC2)ccc1N. The normalized spacial score (nSPS) is 16.4. The smallest absolute Gasteiger partial charge is 0.119 e. The maximum atomic E-state index is 5.72. The van der Waals surface area contributed by atoms with Crippen LogP contribution in [0.25, 0.3) is 0 Å². The summed E-state index contributed by atoms with van der Waals surface area (Å²) < 4.78 is 5.65. The van der Waals surface area contributed by atoms with Crippen LogP contribution in [0, 0.1) is 12.8 Å². The van der Waals surface area contributed by atoms with Crippen molar-refractivity contribution < 1.29 is 4.74 Å². The summed E-state index contributed by atoms with van der Waals surface area (Å²) in [6.45, 7) is 4.95.